The molecule has 0 spiro atoms. The average Bonchev–Trinajstić information content (AvgIpc) is 3.05. The monoisotopic (exact) mass is 367 g/mol. The lowest BCUT2D eigenvalue weighted by Gasteiger charge is -2.14. The van der Waals surface area contributed by atoms with Gasteiger partial charge < -0.3 is 9.64 Å². The summed E-state index contributed by atoms with van der Waals surface area (Å²) in [6.45, 7) is 7.32. The average molecular weight is 368 g/mol. The fraction of sp³-hybridized carbons (Fsp3) is 0.333. The number of hydrogen-bond acceptors (Lipinski definition) is 5. The molecule has 0 aliphatic heterocycles. The zero-order valence-electron chi connectivity index (χ0n) is 16.0. The molecule has 136 valence electrons. The number of likely N-dealkylation sites (N-methyl/N-ethyl adjacent to an activating group) is 1. The Hall–Kier alpha value is -2.24. The molecule has 0 bridgehead atoms. The van der Waals surface area contributed by atoms with Crippen molar-refractivity contribution in [2.45, 2.75) is 27.2 Å². The lowest BCUT2D eigenvalue weighted by molar-refractivity contribution is 0.413. The van der Waals surface area contributed by atoms with Crippen LogP contribution in [0.25, 0.3) is 11.4 Å². The Kier molecular flexibility index (Phi) is 5.69. The molecule has 0 saturated heterocycles. The zero-order valence-corrected chi connectivity index (χ0v) is 16.9. The van der Waals surface area contributed by atoms with E-state index >= 15 is 0 Å². The Morgan fingerprint density at radius 1 is 1.00 bits per heavy atom. The van der Waals surface area contributed by atoms with Crippen LogP contribution in [0.3, 0.4) is 0 Å². The van der Waals surface area contributed by atoms with Gasteiger partial charge in [0, 0.05) is 23.6 Å². The van der Waals surface area contributed by atoms with E-state index in [1.54, 1.807) is 0 Å². The van der Waals surface area contributed by atoms with Crippen molar-refractivity contribution in [1.29, 1.82) is 0 Å². The van der Waals surface area contributed by atoms with Crippen molar-refractivity contribution >= 4 is 11.5 Å². The van der Waals surface area contributed by atoms with Crippen LogP contribution >= 0.6 is 11.5 Å². The Morgan fingerprint density at radius 2 is 1.73 bits per heavy atom. The summed E-state index contributed by atoms with van der Waals surface area (Å²) in [5, 5.41) is 0.573. The van der Waals surface area contributed by atoms with Crippen molar-refractivity contribution in [3.05, 3.63) is 58.7 Å². The first kappa shape index (κ1) is 18.5. The Labute approximate surface area is 159 Å². The molecule has 0 amide bonds. The van der Waals surface area contributed by atoms with Gasteiger partial charge in [0.1, 0.15) is 5.75 Å². The van der Waals surface area contributed by atoms with Gasteiger partial charge in [-0.2, -0.15) is 9.36 Å². The number of ether oxygens (including phenoxy) is 1. The lowest BCUT2D eigenvalue weighted by Crippen LogP contribution is -2.15. The van der Waals surface area contributed by atoms with Crippen molar-refractivity contribution in [3.8, 4) is 22.3 Å². The predicted molar refractivity (Wildman–Crippen MR) is 108 cm³/mol. The maximum absolute atomic E-state index is 6.03. The second kappa shape index (κ2) is 7.98. The van der Waals surface area contributed by atoms with Crippen LogP contribution in [0.1, 0.15) is 22.3 Å². The van der Waals surface area contributed by atoms with Gasteiger partial charge >= 0.3 is 0 Å². The van der Waals surface area contributed by atoms with E-state index in [0.717, 1.165) is 29.8 Å². The third-order valence-corrected chi connectivity index (χ3v) is 4.97. The Balaban J connectivity index is 1.77. The van der Waals surface area contributed by atoms with Crippen molar-refractivity contribution in [2.24, 2.45) is 0 Å². The van der Waals surface area contributed by atoms with Crippen LogP contribution in [0.2, 0.25) is 0 Å². The van der Waals surface area contributed by atoms with Gasteiger partial charge in [-0.15, -0.1) is 0 Å². The number of rotatable bonds is 6. The molecular formula is C21H25N3OS. The van der Waals surface area contributed by atoms with Crippen LogP contribution in [0.5, 0.6) is 10.9 Å². The minimum absolute atomic E-state index is 0.573. The first-order chi connectivity index (χ1) is 12.4. The Morgan fingerprint density at radius 3 is 2.42 bits per heavy atom. The molecule has 1 aromatic heterocycles. The van der Waals surface area contributed by atoms with Gasteiger partial charge in [0.25, 0.3) is 5.19 Å². The van der Waals surface area contributed by atoms with E-state index in [4.69, 9.17) is 4.74 Å². The highest BCUT2D eigenvalue weighted by molar-refractivity contribution is 7.07. The van der Waals surface area contributed by atoms with Crippen LogP contribution in [-0.2, 0) is 6.42 Å². The minimum atomic E-state index is 0.573. The fourth-order valence-electron chi connectivity index (χ4n) is 2.74. The first-order valence-electron chi connectivity index (χ1n) is 8.76. The van der Waals surface area contributed by atoms with E-state index < -0.39 is 0 Å². The van der Waals surface area contributed by atoms with Gasteiger partial charge in [-0.25, -0.2) is 0 Å². The second-order valence-electron chi connectivity index (χ2n) is 6.95. The van der Waals surface area contributed by atoms with Crippen LogP contribution in [0, 0.1) is 20.8 Å². The van der Waals surface area contributed by atoms with Crippen molar-refractivity contribution in [3.63, 3.8) is 0 Å². The third-order valence-electron chi connectivity index (χ3n) is 4.38. The molecule has 5 heteroatoms. The molecule has 0 atom stereocenters. The smallest absolute Gasteiger partial charge is 0.299 e. The van der Waals surface area contributed by atoms with E-state index in [-0.39, 0.29) is 0 Å². The summed E-state index contributed by atoms with van der Waals surface area (Å²) in [6, 6.07) is 12.5. The van der Waals surface area contributed by atoms with Gasteiger partial charge in [0.2, 0.25) is 0 Å². The number of nitrogens with zero attached hydrogens (tertiary/aromatic N) is 3. The number of aryl methyl sites for hydroxylation is 3. The van der Waals surface area contributed by atoms with E-state index in [1.807, 2.05) is 12.1 Å². The summed E-state index contributed by atoms with van der Waals surface area (Å²) in [6.07, 6.45) is 1.04. The molecule has 3 aromatic rings. The van der Waals surface area contributed by atoms with Gasteiger partial charge in [0.05, 0.1) is 0 Å². The van der Waals surface area contributed by atoms with Crippen LogP contribution < -0.4 is 4.74 Å². The van der Waals surface area contributed by atoms with Crippen molar-refractivity contribution in [2.75, 3.05) is 20.6 Å². The highest BCUT2D eigenvalue weighted by Gasteiger charge is 2.12. The first-order valence-corrected chi connectivity index (χ1v) is 9.53. The molecule has 0 fully saturated rings. The standard InChI is InChI=1S/C21H25N3OS/c1-14-6-8-17(9-7-14)20-22-21(26-23-20)25-19-13-15(2)18(12-16(19)3)10-11-24(4)5/h6-9,12-13H,10-11H2,1-5H3. The van der Waals surface area contributed by atoms with E-state index in [9.17, 15) is 0 Å². The second-order valence-corrected chi connectivity index (χ2v) is 7.66. The summed E-state index contributed by atoms with van der Waals surface area (Å²) in [7, 11) is 4.20. The summed E-state index contributed by atoms with van der Waals surface area (Å²) < 4.78 is 10.5. The van der Waals surface area contributed by atoms with Gasteiger partial charge in [-0.3, -0.25) is 0 Å². The largest absolute Gasteiger partial charge is 0.430 e. The van der Waals surface area contributed by atoms with E-state index in [1.165, 1.54) is 28.2 Å². The molecule has 0 radical (unpaired) electrons. The summed E-state index contributed by atoms with van der Waals surface area (Å²) >= 11 is 1.29. The molecule has 0 aliphatic carbocycles. The van der Waals surface area contributed by atoms with Crippen LogP contribution in [-0.4, -0.2) is 34.9 Å². The predicted octanol–water partition coefficient (Wildman–Crippen LogP) is 5.03. The third kappa shape index (κ3) is 4.48. The van der Waals surface area contributed by atoms with Crippen LogP contribution in [0.4, 0.5) is 0 Å². The quantitative estimate of drug-likeness (QED) is 0.613. The molecule has 2 aromatic carbocycles. The number of aromatic nitrogens is 2. The molecule has 0 aliphatic rings. The van der Waals surface area contributed by atoms with E-state index in [2.05, 4.69) is 73.4 Å². The van der Waals surface area contributed by atoms with Gasteiger partial charge in [-0.1, -0.05) is 35.9 Å². The Bertz CT molecular complexity index is 885. The van der Waals surface area contributed by atoms with Gasteiger partial charge in [0.15, 0.2) is 5.82 Å². The molecule has 3 rings (SSSR count). The maximum atomic E-state index is 6.03. The topological polar surface area (TPSA) is 38.2 Å². The summed E-state index contributed by atoms with van der Waals surface area (Å²) in [4.78, 5) is 6.74. The van der Waals surface area contributed by atoms with Gasteiger partial charge in [-0.05, 0) is 64.0 Å². The lowest BCUT2D eigenvalue weighted by atomic mass is 10.0. The molecular weight excluding hydrogens is 342 g/mol. The highest BCUT2D eigenvalue weighted by atomic mass is 32.1. The zero-order chi connectivity index (χ0) is 18.7. The number of hydrogen-bond donors (Lipinski definition) is 0. The highest BCUT2D eigenvalue weighted by Crippen LogP contribution is 2.31. The molecule has 26 heavy (non-hydrogen) atoms. The molecule has 0 saturated carbocycles. The van der Waals surface area contributed by atoms with Crippen molar-refractivity contribution < 1.29 is 4.74 Å². The summed E-state index contributed by atoms with van der Waals surface area (Å²) in [5.74, 6) is 1.56. The maximum Gasteiger partial charge on any atom is 0.299 e. The van der Waals surface area contributed by atoms with E-state index in [0.29, 0.717) is 11.0 Å². The minimum Gasteiger partial charge on any atom is -0.430 e. The summed E-state index contributed by atoms with van der Waals surface area (Å²) in [5.41, 5.74) is 5.96. The van der Waals surface area contributed by atoms with Crippen LogP contribution in [0.15, 0.2) is 36.4 Å². The number of benzene rings is 2. The van der Waals surface area contributed by atoms with Crippen molar-refractivity contribution in [1.82, 2.24) is 14.3 Å². The molecule has 0 N–H and O–H groups in total. The normalized spacial score (nSPS) is 11.2. The molecule has 4 nitrogen and oxygen atoms in total. The fourth-order valence-corrected chi connectivity index (χ4v) is 3.30. The molecule has 0 unspecified atom stereocenters. The SMILES string of the molecule is Cc1ccc(-c2nsc(Oc3cc(C)c(CCN(C)C)cc3C)n2)cc1. The molecule has 1 heterocycles.